The monoisotopic (exact) mass is 441 g/mol. The second-order valence-electron chi connectivity index (χ2n) is 7.95. The predicted octanol–water partition coefficient (Wildman–Crippen LogP) is 4.04. The highest BCUT2D eigenvalue weighted by Gasteiger charge is 2.22. The normalized spacial score (nSPS) is 10.9. The summed E-state index contributed by atoms with van der Waals surface area (Å²) in [6.45, 7) is 3.28. The van der Waals surface area contributed by atoms with Crippen LogP contribution < -0.4 is 4.90 Å². The molecule has 33 heavy (non-hydrogen) atoms. The van der Waals surface area contributed by atoms with Crippen LogP contribution in [-0.2, 0) is 13.0 Å². The first-order chi connectivity index (χ1) is 16.0. The highest BCUT2D eigenvalue weighted by atomic mass is 16.2. The highest BCUT2D eigenvalue weighted by Crippen LogP contribution is 2.24. The van der Waals surface area contributed by atoms with Crippen molar-refractivity contribution < 1.29 is 9.59 Å². The third-order valence-electron chi connectivity index (χ3n) is 5.79. The van der Waals surface area contributed by atoms with E-state index in [-0.39, 0.29) is 11.8 Å². The van der Waals surface area contributed by atoms with E-state index >= 15 is 0 Å². The van der Waals surface area contributed by atoms with E-state index < -0.39 is 0 Å². The molecule has 0 aliphatic carbocycles. The zero-order valence-corrected chi connectivity index (χ0v) is 19.1. The summed E-state index contributed by atoms with van der Waals surface area (Å²) in [6, 6.07) is 22.6. The van der Waals surface area contributed by atoms with Gasteiger partial charge in [-0.1, -0.05) is 47.7 Å². The Balaban J connectivity index is 1.54. The van der Waals surface area contributed by atoms with E-state index in [1.165, 1.54) is 10.5 Å². The van der Waals surface area contributed by atoms with Crippen LogP contribution in [0.1, 0.15) is 33.2 Å². The van der Waals surface area contributed by atoms with Crippen LogP contribution in [0.2, 0.25) is 0 Å². The van der Waals surface area contributed by atoms with Crippen molar-refractivity contribution in [3.63, 3.8) is 0 Å². The minimum atomic E-state index is -0.213. The molecule has 4 aromatic rings. The number of benzene rings is 3. The molecule has 0 N–H and O–H groups in total. The number of carbonyl (C=O) groups excluding carboxylic acids is 2. The molecule has 0 saturated heterocycles. The van der Waals surface area contributed by atoms with Crippen molar-refractivity contribution >= 4 is 28.5 Å². The van der Waals surface area contributed by atoms with Gasteiger partial charge in [0.15, 0.2) is 0 Å². The molecule has 0 atom stereocenters. The van der Waals surface area contributed by atoms with Crippen molar-refractivity contribution in [2.24, 2.45) is 0 Å². The van der Waals surface area contributed by atoms with Crippen molar-refractivity contribution in [1.82, 2.24) is 19.9 Å². The van der Waals surface area contributed by atoms with Gasteiger partial charge in [0.25, 0.3) is 11.8 Å². The third-order valence-corrected chi connectivity index (χ3v) is 5.79. The van der Waals surface area contributed by atoms with E-state index in [1.54, 1.807) is 47.9 Å². The minimum absolute atomic E-state index is 0.123. The van der Waals surface area contributed by atoms with Crippen molar-refractivity contribution in [3.8, 4) is 0 Å². The van der Waals surface area contributed by atoms with Crippen molar-refractivity contribution in [2.45, 2.75) is 19.9 Å². The van der Waals surface area contributed by atoms with Crippen molar-refractivity contribution in [2.75, 3.05) is 25.5 Å². The molecular formula is C26H27N5O2. The van der Waals surface area contributed by atoms with E-state index in [9.17, 15) is 9.59 Å². The number of rotatable bonds is 7. The SMILES string of the molecule is CCn1nnc2cc(C(=O)N(C)c3ccccc3C(=O)N(C)CCc3ccccc3)ccc21. The number of aryl methyl sites for hydroxylation is 1. The zero-order valence-electron chi connectivity index (χ0n) is 19.1. The van der Waals surface area contributed by atoms with Gasteiger partial charge < -0.3 is 9.80 Å². The fourth-order valence-electron chi connectivity index (χ4n) is 3.84. The number of fused-ring (bicyclic) bond motifs is 1. The van der Waals surface area contributed by atoms with Crippen molar-refractivity contribution in [1.29, 1.82) is 0 Å². The summed E-state index contributed by atoms with van der Waals surface area (Å²) in [5.41, 5.74) is 4.27. The average molecular weight is 442 g/mol. The molecule has 0 aliphatic heterocycles. The number of carbonyl (C=O) groups is 2. The first kappa shape index (κ1) is 22.2. The molecule has 0 saturated carbocycles. The number of aromatic nitrogens is 3. The number of hydrogen-bond donors (Lipinski definition) is 0. The van der Waals surface area contributed by atoms with Crippen LogP contribution in [0.3, 0.4) is 0 Å². The second-order valence-corrected chi connectivity index (χ2v) is 7.95. The maximum absolute atomic E-state index is 13.3. The quantitative estimate of drug-likeness (QED) is 0.434. The third kappa shape index (κ3) is 4.62. The van der Waals surface area contributed by atoms with Gasteiger partial charge in [0, 0.05) is 32.7 Å². The molecule has 1 heterocycles. The molecule has 0 radical (unpaired) electrons. The van der Waals surface area contributed by atoms with Gasteiger partial charge in [0.1, 0.15) is 5.52 Å². The molecule has 0 spiro atoms. The Bertz CT molecular complexity index is 1280. The van der Waals surface area contributed by atoms with E-state index in [1.807, 2.05) is 43.3 Å². The van der Waals surface area contributed by atoms with Crippen LogP contribution in [-0.4, -0.2) is 52.3 Å². The lowest BCUT2D eigenvalue weighted by atomic mass is 10.1. The first-order valence-electron chi connectivity index (χ1n) is 11.0. The molecule has 7 nitrogen and oxygen atoms in total. The molecule has 0 bridgehead atoms. The molecule has 4 rings (SSSR count). The topological polar surface area (TPSA) is 71.3 Å². The number of anilines is 1. The van der Waals surface area contributed by atoms with Gasteiger partial charge in [-0.15, -0.1) is 5.10 Å². The van der Waals surface area contributed by atoms with Crippen LogP contribution in [0.4, 0.5) is 5.69 Å². The summed E-state index contributed by atoms with van der Waals surface area (Å²) < 4.78 is 1.78. The molecule has 3 aromatic carbocycles. The molecule has 168 valence electrons. The van der Waals surface area contributed by atoms with E-state index in [2.05, 4.69) is 22.4 Å². The average Bonchev–Trinajstić information content (AvgIpc) is 3.29. The zero-order chi connectivity index (χ0) is 23.4. The summed E-state index contributed by atoms with van der Waals surface area (Å²) in [5, 5.41) is 8.27. The number of likely N-dealkylation sites (N-methyl/N-ethyl adjacent to an activating group) is 1. The predicted molar refractivity (Wildman–Crippen MR) is 129 cm³/mol. The van der Waals surface area contributed by atoms with E-state index in [0.29, 0.717) is 35.4 Å². The first-order valence-corrected chi connectivity index (χ1v) is 11.0. The van der Waals surface area contributed by atoms with Crippen molar-refractivity contribution in [3.05, 3.63) is 89.5 Å². The molecule has 0 unspecified atom stereocenters. The Labute approximate surface area is 193 Å². The van der Waals surface area contributed by atoms with Crippen LogP contribution in [0.25, 0.3) is 11.0 Å². The molecule has 7 heteroatoms. The second kappa shape index (κ2) is 9.65. The molecule has 2 amide bonds. The molecule has 1 aromatic heterocycles. The standard InChI is InChI=1S/C26H27N5O2/c1-4-31-24-15-14-20(18-22(24)27-28-31)25(32)30(3)23-13-9-8-12-21(23)26(33)29(2)17-16-19-10-6-5-7-11-19/h5-15,18H,4,16-17H2,1-3H3. The molecule has 0 aliphatic rings. The lowest BCUT2D eigenvalue weighted by Crippen LogP contribution is -2.32. The number of nitrogens with zero attached hydrogens (tertiary/aromatic N) is 5. The molecule has 0 fully saturated rings. The Kier molecular flexibility index (Phi) is 6.49. The maximum Gasteiger partial charge on any atom is 0.258 e. The van der Waals surface area contributed by atoms with Gasteiger partial charge in [-0.25, -0.2) is 4.68 Å². The smallest absolute Gasteiger partial charge is 0.258 e. The summed E-state index contributed by atoms with van der Waals surface area (Å²) in [5.74, 6) is -0.336. The summed E-state index contributed by atoms with van der Waals surface area (Å²) in [4.78, 5) is 29.7. The maximum atomic E-state index is 13.3. The van der Waals surface area contributed by atoms with Gasteiger partial charge in [-0.2, -0.15) is 0 Å². The van der Waals surface area contributed by atoms with E-state index in [4.69, 9.17) is 0 Å². The van der Waals surface area contributed by atoms with Gasteiger partial charge in [0.2, 0.25) is 0 Å². The van der Waals surface area contributed by atoms with Crippen LogP contribution in [0, 0.1) is 0 Å². The Hall–Kier alpha value is -4.00. The lowest BCUT2D eigenvalue weighted by Gasteiger charge is -2.23. The van der Waals surface area contributed by atoms with Gasteiger partial charge in [0.05, 0.1) is 16.8 Å². The minimum Gasteiger partial charge on any atom is -0.341 e. The van der Waals surface area contributed by atoms with Crippen LogP contribution >= 0.6 is 0 Å². The van der Waals surface area contributed by atoms with Gasteiger partial charge in [-0.05, 0) is 49.2 Å². The summed E-state index contributed by atoms with van der Waals surface area (Å²) >= 11 is 0. The Morgan fingerprint density at radius 3 is 2.39 bits per heavy atom. The number of amides is 2. The molecular weight excluding hydrogens is 414 g/mol. The lowest BCUT2D eigenvalue weighted by molar-refractivity contribution is 0.0797. The number of para-hydroxylation sites is 1. The fourth-order valence-corrected chi connectivity index (χ4v) is 3.84. The highest BCUT2D eigenvalue weighted by molar-refractivity contribution is 6.11. The van der Waals surface area contributed by atoms with Gasteiger partial charge in [-0.3, -0.25) is 9.59 Å². The Morgan fingerprint density at radius 2 is 1.64 bits per heavy atom. The summed E-state index contributed by atoms with van der Waals surface area (Å²) in [6.07, 6.45) is 0.762. The fraction of sp³-hybridized carbons (Fsp3) is 0.231. The van der Waals surface area contributed by atoms with E-state index in [0.717, 1.165) is 11.9 Å². The summed E-state index contributed by atoms with van der Waals surface area (Å²) in [7, 11) is 3.47. The largest absolute Gasteiger partial charge is 0.341 e. The van der Waals surface area contributed by atoms with Crippen LogP contribution in [0.5, 0.6) is 0 Å². The van der Waals surface area contributed by atoms with Gasteiger partial charge >= 0.3 is 0 Å². The van der Waals surface area contributed by atoms with Crippen LogP contribution in [0.15, 0.2) is 72.8 Å². The Morgan fingerprint density at radius 1 is 0.909 bits per heavy atom. The number of hydrogen-bond acceptors (Lipinski definition) is 4.